The van der Waals surface area contributed by atoms with Gasteiger partial charge in [0.1, 0.15) is 0 Å². The summed E-state index contributed by atoms with van der Waals surface area (Å²) in [6.07, 6.45) is 2.33. The fourth-order valence-electron chi connectivity index (χ4n) is 1.55. The van der Waals surface area contributed by atoms with Gasteiger partial charge in [-0.3, -0.25) is 9.59 Å². The van der Waals surface area contributed by atoms with Gasteiger partial charge in [0.25, 0.3) is 0 Å². The number of amides is 1. The van der Waals surface area contributed by atoms with Crippen LogP contribution in [-0.4, -0.2) is 46.7 Å². The number of hydrogen-bond acceptors (Lipinski definition) is 3. The summed E-state index contributed by atoms with van der Waals surface area (Å²) in [5.74, 6) is -1.31. The third-order valence-electron chi connectivity index (χ3n) is 2.74. The number of carbonyl (C=O) groups excluding carboxylic acids is 1. The first-order chi connectivity index (χ1) is 7.56. The van der Waals surface area contributed by atoms with Gasteiger partial charge in [-0.2, -0.15) is 0 Å². The Hall–Kier alpha value is -1.10. The molecule has 0 aliphatic heterocycles. The summed E-state index contributed by atoms with van der Waals surface area (Å²) in [6.45, 7) is 2.30. The van der Waals surface area contributed by atoms with Crippen LogP contribution in [0.5, 0.6) is 0 Å². The molecule has 1 rings (SSSR count). The van der Waals surface area contributed by atoms with Gasteiger partial charge in [-0.05, 0) is 19.3 Å². The zero-order chi connectivity index (χ0) is 12.1. The molecule has 1 aliphatic carbocycles. The number of carboxylic acids is 1. The number of nitrogens with zero attached hydrogens (tertiary/aromatic N) is 1. The summed E-state index contributed by atoms with van der Waals surface area (Å²) in [5.41, 5.74) is 0. The number of hydrogen-bond donors (Lipinski definition) is 2. The van der Waals surface area contributed by atoms with E-state index >= 15 is 0 Å². The van der Waals surface area contributed by atoms with Crippen LogP contribution in [0.15, 0.2) is 0 Å². The predicted octanol–water partition coefficient (Wildman–Crippen LogP) is 0.328. The van der Waals surface area contributed by atoms with Gasteiger partial charge in [0.15, 0.2) is 0 Å². The molecule has 1 saturated carbocycles. The van der Waals surface area contributed by atoms with Crippen LogP contribution in [0.25, 0.3) is 0 Å². The van der Waals surface area contributed by atoms with Gasteiger partial charge < -0.3 is 15.1 Å². The summed E-state index contributed by atoms with van der Waals surface area (Å²) in [6, 6.07) is 0. The van der Waals surface area contributed by atoms with Crippen molar-refractivity contribution in [1.82, 2.24) is 4.90 Å². The maximum Gasteiger partial charge on any atom is 0.308 e. The zero-order valence-corrected chi connectivity index (χ0v) is 9.56. The van der Waals surface area contributed by atoms with E-state index in [4.69, 9.17) is 10.2 Å². The average molecular weight is 229 g/mol. The first-order valence-electron chi connectivity index (χ1n) is 5.68. The lowest BCUT2D eigenvalue weighted by Gasteiger charge is -2.24. The second-order valence-electron chi connectivity index (χ2n) is 4.37. The Labute approximate surface area is 95.1 Å². The highest BCUT2D eigenvalue weighted by Gasteiger charge is 2.34. The van der Waals surface area contributed by atoms with Crippen molar-refractivity contribution in [2.45, 2.75) is 26.2 Å². The minimum atomic E-state index is -0.891. The van der Waals surface area contributed by atoms with Gasteiger partial charge in [-0.1, -0.05) is 6.92 Å². The van der Waals surface area contributed by atoms with Crippen LogP contribution in [0.4, 0.5) is 0 Å². The highest BCUT2D eigenvalue weighted by molar-refractivity contribution is 5.81. The minimum absolute atomic E-state index is 0.0237. The van der Waals surface area contributed by atoms with E-state index in [0.29, 0.717) is 13.0 Å². The number of aliphatic hydroxyl groups is 1. The van der Waals surface area contributed by atoms with Crippen molar-refractivity contribution in [3.63, 3.8) is 0 Å². The van der Waals surface area contributed by atoms with Crippen LogP contribution in [0.2, 0.25) is 0 Å². The first-order valence-corrected chi connectivity index (χ1v) is 5.68. The number of rotatable bonds is 7. The molecule has 0 saturated heterocycles. The van der Waals surface area contributed by atoms with Gasteiger partial charge in [0.05, 0.1) is 5.92 Å². The topological polar surface area (TPSA) is 77.8 Å². The lowest BCUT2D eigenvalue weighted by Crippen LogP contribution is -2.38. The summed E-state index contributed by atoms with van der Waals surface area (Å²) in [5, 5.41) is 17.5. The second kappa shape index (κ2) is 5.84. The normalized spacial score (nSPS) is 16.9. The van der Waals surface area contributed by atoms with Crippen LogP contribution in [0.3, 0.4) is 0 Å². The monoisotopic (exact) mass is 229 g/mol. The largest absolute Gasteiger partial charge is 0.481 e. The Bertz CT molecular complexity index is 263. The highest BCUT2D eigenvalue weighted by atomic mass is 16.4. The molecule has 0 bridgehead atoms. The lowest BCUT2D eigenvalue weighted by atomic mass is 10.1. The van der Waals surface area contributed by atoms with Gasteiger partial charge in [0, 0.05) is 25.6 Å². The summed E-state index contributed by atoms with van der Waals surface area (Å²) in [4.78, 5) is 24.1. The Morgan fingerprint density at radius 3 is 2.50 bits per heavy atom. The summed E-state index contributed by atoms with van der Waals surface area (Å²) < 4.78 is 0. The summed E-state index contributed by atoms with van der Waals surface area (Å²) in [7, 11) is 0. The van der Waals surface area contributed by atoms with E-state index in [1.165, 1.54) is 0 Å². The molecule has 1 atom stereocenters. The standard InChI is InChI=1S/C11H19NO4/c1-8(11(15)16)7-12(5-2-6-13)10(14)9-3-4-9/h8-9,13H,2-7H2,1H3,(H,15,16). The molecule has 1 aliphatic rings. The molecule has 2 N–H and O–H groups in total. The van der Waals surface area contributed by atoms with Crippen molar-refractivity contribution in [3.05, 3.63) is 0 Å². The molecule has 0 aromatic carbocycles. The van der Waals surface area contributed by atoms with Crippen LogP contribution >= 0.6 is 0 Å². The average Bonchev–Trinajstić information content (AvgIpc) is 3.06. The van der Waals surface area contributed by atoms with E-state index < -0.39 is 11.9 Å². The van der Waals surface area contributed by atoms with Crippen molar-refractivity contribution in [1.29, 1.82) is 0 Å². The molecule has 16 heavy (non-hydrogen) atoms. The lowest BCUT2D eigenvalue weighted by molar-refractivity contribution is -0.143. The maximum absolute atomic E-state index is 11.8. The van der Waals surface area contributed by atoms with Crippen molar-refractivity contribution in [3.8, 4) is 0 Å². The molecule has 1 unspecified atom stereocenters. The smallest absolute Gasteiger partial charge is 0.308 e. The molecule has 5 heteroatoms. The number of aliphatic carboxylic acids is 1. The van der Waals surface area contributed by atoms with E-state index in [1.54, 1.807) is 11.8 Å². The molecule has 0 spiro atoms. The molecule has 92 valence electrons. The molecular weight excluding hydrogens is 210 g/mol. The zero-order valence-electron chi connectivity index (χ0n) is 9.56. The number of carboxylic acid groups (broad SMARTS) is 1. The van der Waals surface area contributed by atoms with Gasteiger partial charge >= 0.3 is 5.97 Å². The predicted molar refractivity (Wildman–Crippen MR) is 57.8 cm³/mol. The summed E-state index contributed by atoms with van der Waals surface area (Å²) >= 11 is 0. The van der Waals surface area contributed by atoms with Gasteiger partial charge in [-0.25, -0.2) is 0 Å². The van der Waals surface area contributed by atoms with Crippen molar-refractivity contribution >= 4 is 11.9 Å². The molecule has 0 aromatic heterocycles. The maximum atomic E-state index is 11.8. The third-order valence-corrected chi connectivity index (χ3v) is 2.74. The van der Waals surface area contributed by atoms with Crippen LogP contribution < -0.4 is 0 Å². The Balaban J connectivity index is 2.48. The van der Waals surface area contributed by atoms with Crippen molar-refractivity contribution in [2.75, 3.05) is 19.7 Å². The number of aliphatic hydroxyl groups excluding tert-OH is 1. The molecule has 1 fully saturated rings. The van der Waals surface area contributed by atoms with E-state index in [2.05, 4.69) is 0 Å². The second-order valence-corrected chi connectivity index (χ2v) is 4.37. The van der Waals surface area contributed by atoms with E-state index in [1.807, 2.05) is 0 Å². The molecule has 5 nitrogen and oxygen atoms in total. The SMILES string of the molecule is CC(CN(CCCO)C(=O)C1CC1)C(=O)O. The quantitative estimate of drug-likeness (QED) is 0.659. The van der Waals surface area contributed by atoms with Gasteiger partial charge in [-0.15, -0.1) is 0 Å². The molecule has 0 aromatic rings. The molecule has 1 amide bonds. The van der Waals surface area contributed by atoms with Crippen LogP contribution in [0, 0.1) is 11.8 Å². The van der Waals surface area contributed by atoms with Crippen LogP contribution in [-0.2, 0) is 9.59 Å². The Morgan fingerprint density at radius 2 is 2.06 bits per heavy atom. The minimum Gasteiger partial charge on any atom is -0.481 e. The highest BCUT2D eigenvalue weighted by Crippen LogP contribution is 2.31. The number of carbonyl (C=O) groups is 2. The van der Waals surface area contributed by atoms with Crippen LogP contribution in [0.1, 0.15) is 26.2 Å². The van der Waals surface area contributed by atoms with Crippen molar-refractivity contribution in [2.24, 2.45) is 11.8 Å². The molecular formula is C11H19NO4. The fraction of sp³-hybridized carbons (Fsp3) is 0.818. The Morgan fingerprint density at radius 1 is 1.44 bits per heavy atom. The van der Waals surface area contributed by atoms with E-state index in [9.17, 15) is 9.59 Å². The van der Waals surface area contributed by atoms with E-state index in [0.717, 1.165) is 12.8 Å². The molecule has 0 heterocycles. The Kier molecular flexibility index (Phi) is 4.73. The first kappa shape index (κ1) is 13.0. The third kappa shape index (κ3) is 3.81. The van der Waals surface area contributed by atoms with Gasteiger partial charge in [0.2, 0.25) is 5.91 Å². The molecule has 0 radical (unpaired) electrons. The van der Waals surface area contributed by atoms with Crippen molar-refractivity contribution < 1.29 is 19.8 Å². The van der Waals surface area contributed by atoms with E-state index in [-0.39, 0.29) is 25.0 Å². The fourth-order valence-corrected chi connectivity index (χ4v) is 1.55.